The molecule has 2 nitrogen and oxygen atoms in total. The quantitative estimate of drug-likeness (QED) is 0.768. The molecular formula is C16H30N2. The van der Waals surface area contributed by atoms with Crippen molar-refractivity contribution in [1.29, 1.82) is 0 Å². The number of nitrogens with zero attached hydrogens (tertiary/aromatic N) is 1. The van der Waals surface area contributed by atoms with E-state index in [1.165, 1.54) is 70.9 Å². The first-order chi connectivity index (χ1) is 8.59. The molecule has 3 fully saturated rings. The van der Waals surface area contributed by atoms with E-state index in [1.54, 1.807) is 0 Å². The first-order valence-electron chi connectivity index (χ1n) is 8.12. The van der Waals surface area contributed by atoms with Crippen LogP contribution in [0, 0.1) is 0 Å². The van der Waals surface area contributed by atoms with Gasteiger partial charge in [0.15, 0.2) is 0 Å². The van der Waals surface area contributed by atoms with Gasteiger partial charge in [-0.2, -0.15) is 0 Å². The zero-order valence-electron chi connectivity index (χ0n) is 12.3. The minimum Gasteiger partial charge on any atom is -0.304 e. The summed E-state index contributed by atoms with van der Waals surface area (Å²) < 4.78 is 0. The van der Waals surface area contributed by atoms with Crippen LogP contribution in [0.4, 0.5) is 0 Å². The molecule has 1 saturated heterocycles. The van der Waals surface area contributed by atoms with Crippen LogP contribution in [0.1, 0.15) is 71.6 Å². The van der Waals surface area contributed by atoms with Gasteiger partial charge >= 0.3 is 0 Å². The molecule has 2 saturated carbocycles. The minimum absolute atomic E-state index is 0.304. The number of hydrogen-bond acceptors (Lipinski definition) is 2. The highest BCUT2D eigenvalue weighted by Gasteiger charge is 2.44. The van der Waals surface area contributed by atoms with E-state index in [4.69, 9.17) is 0 Å². The highest BCUT2D eigenvalue weighted by Crippen LogP contribution is 2.37. The lowest BCUT2D eigenvalue weighted by atomic mass is 9.77. The summed E-state index contributed by atoms with van der Waals surface area (Å²) in [5.74, 6) is 0. The Morgan fingerprint density at radius 3 is 2.22 bits per heavy atom. The summed E-state index contributed by atoms with van der Waals surface area (Å²) in [5.41, 5.74) is 0.751. The van der Waals surface area contributed by atoms with Gasteiger partial charge in [0.25, 0.3) is 0 Å². The van der Waals surface area contributed by atoms with Gasteiger partial charge in [-0.1, -0.05) is 32.1 Å². The summed E-state index contributed by atoms with van der Waals surface area (Å²) in [6.07, 6.45) is 12.9. The van der Waals surface area contributed by atoms with Gasteiger partial charge in [-0.05, 0) is 39.5 Å². The molecule has 3 rings (SSSR count). The van der Waals surface area contributed by atoms with Crippen molar-refractivity contribution in [2.24, 2.45) is 0 Å². The van der Waals surface area contributed by atoms with E-state index in [1.807, 2.05) is 0 Å². The molecule has 0 bridgehead atoms. The minimum atomic E-state index is 0.304. The molecule has 104 valence electrons. The molecule has 0 amide bonds. The van der Waals surface area contributed by atoms with Crippen molar-refractivity contribution >= 4 is 0 Å². The number of piperazine rings is 1. The second-order valence-corrected chi connectivity index (χ2v) is 7.69. The van der Waals surface area contributed by atoms with E-state index in [0.29, 0.717) is 11.1 Å². The van der Waals surface area contributed by atoms with Crippen LogP contribution in [0.5, 0.6) is 0 Å². The summed E-state index contributed by atoms with van der Waals surface area (Å²) in [4.78, 5) is 2.84. The van der Waals surface area contributed by atoms with E-state index in [0.717, 1.165) is 6.04 Å². The van der Waals surface area contributed by atoms with Gasteiger partial charge in [0.05, 0.1) is 0 Å². The molecular weight excluding hydrogens is 220 g/mol. The third kappa shape index (κ3) is 2.60. The predicted molar refractivity (Wildman–Crippen MR) is 76.9 cm³/mol. The van der Waals surface area contributed by atoms with E-state index < -0.39 is 0 Å². The van der Waals surface area contributed by atoms with Crippen molar-refractivity contribution in [2.75, 3.05) is 13.1 Å². The molecule has 0 aromatic heterocycles. The number of rotatable bonds is 1. The summed E-state index contributed by atoms with van der Waals surface area (Å²) in [6, 6.07) is 0.894. The zero-order valence-corrected chi connectivity index (χ0v) is 12.3. The van der Waals surface area contributed by atoms with Gasteiger partial charge < -0.3 is 5.32 Å². The second-order valence-electron chi connectivity index (χ2n) is 7.69. The molecule has 1 aliphatic heterocycles. The Kier molecular flexibility index (Phi) is 3.44. The second kappa shape index (κ2) is 4.79. The van der Waals surface area contributed by atoms with Crippen LogP contribution in [0.25, 0.3) is 0 Å². The Morgan fingerprint density at radius 1 is 0.889 bits per heavy atom. The van der Waals surface area contributed by atoms with Crippen molar-refractivity contribution in [2.45, 2.75) is 88.8 Å². The summed E-state index contributed by atoms with van der Waals surface area (Å²) >= 11 is 0. The van der Waals surface area contributed by atoms with Crippen molar-refractivity contribution < 1.29 is 0 Å². The maximum atomic E-state index is 4.02. The Bertz CT molecular complexity index is 285. The fraction of sp³-hybridized carbons (Fsp3) is 1.00. The van der Waals surface area contributed by atoms with Gasteiger partial charge in [-0.15, -0.1) is 0 Å². The van der Waals surface area contributed by atoms with Crippen LogP contribution in [-0.4, -0.2) is 35.1 Å². The van der Waals surface area contributed by atoms with E-state index in [2.05, 4.69) is 24.1 Å². The van der Waals surface area contributed by atoms with Crippen molar-refractivity contribution in [3.63, 3.8) is 0 Å². The Balaban J connectivity index is 1.75. The standard InChI is InChI=1S/C16H30N2/c1-15(2)12-18(14-8-4-5-9-14)13-16(17-15)10-6-3-7-11-16/h14,17H,3-13H2,1-2H3. The Morgan fingerprint density at radius 2 is 1.56 bits per heavy atom. The SMILES string of the molecule is CC1(C)CN(C2CCCC2)CC2(CCCCC2)N1. The first kappa shape index (κ1) is 12.9. The fourth-order valence-electron chi connectivity index (χ4n) is 4.79. The third-order valence-electron chi connectivity index (χ3n) is 5.36. The fourth-order valence-corrected chi connectivity index (χ4v) is 4.79. The van der Waals surface area contributed by atoms with Crippen LogP contribution >= 0.6 is 0 Å². The van der Waals surface area contributed by atoms with Crippen molar-refractivity contribution in [1.82, 2.24) is 10.2 Å². The Hall–Kier alpha value is -0.0800. The smallest absolute Gasteiger partial charge is 0.0314 e. The lowest BCUT2D eigenvalue weighted by molar-refractivity contribution is 0.0139. The van der Waals surface area contributed by atoms with Crippen LogP contribution in [-0.2, 0) is 0 Å². The molecule has 0 radical (unpaired) electrons. The van der Waals surface area contributed by atoms with E-state index in [9.17, 15) is 0 Å². The topological polar surface area (TPSA) is 15.3 Å². The largest absolute Gasteiger partial charge is 0.304 e. The number of nitrogens with one attached hydrogen (secondary N) is 1. The number of hydrogen-bond donors (Lipinski definition) is 1. The molecule has 18 heavy (non-hydrogen) atoms. The van der Waals surface area contributed by atoms with Gasteiger partial charge in [-0.25, -0.2) is 0 Å². The van der Waals surface area contributed by atoms with Crippen LogP contribution in [0.15, 0.2) is 0 Å². The molecule has 1 heterocycles. The van der Waals surface area contributed by atoms with Gasteiger partial charge in [0, 0.05) is 30.2 Å². The van der Waals surface area contributed by atoms with Crippen LogP contribution in [0.3, 0.4) is 0 Å². The van der Waals surface area contributed by atoms with E-state index >= 15 is 0 Å². The molecule has 0 atom stereocenters. The van der Waals surface area contributed by atoms with Crippen molar-refractivity contribution in [3.8, 4) is 0 Å². The lowest BCUT2D eigenvalue weighted by Crippen LogP contribution is -2.70. The zero-order chi connectivity index (χ0) is 12.6. The molecule has 3 aliphatic rings. The summed E-state index contributed by atoms with van der Waals surface area (Å²) in [7, 11) is 0. The summed E-state index contributed by atoms with van der Waals surface area (Å²) in [5, 5.41) is 4.02. The molecule has 0 aromatic rings. The average Bonchev–Trinajstić information content (AvgIpc) is 2.80. The van der Waals surface area contributed by atoms with Gasteiger partial charge in [-0.3, -0.25) is 4.90 Å². The molecule has 2 aliphatic carbocycles. The summed E-state index contributed by atoms with van der Waals surface area (Å²) in [6.45, 7) is 7.38. The molecule has 0 aromatic carbocycles. The highest BCUT2D eigenvalue weighted by molar-refractivity contribution is 5.05. The third-order valence-corrected chi connectivity index (χ3v) is 5.36. The lowest BCUT2D eigenvalue weighted by Gasteiger charge is -2.54. The van der Waals surface area contributed by atoms with Gasteiger partial charge in [0.2, 0.25) is 0 Å². The molecule has 2 heteroatoms. The monoisotopic (exact) mass is 250 g/mol. The highest BCUT2D eigenvalue weighted by atomic mass is 15.3. The molecule has 1 N–H and O–H groups in total. The maximum Gasteiger partial charge on any atom is 0.0314 e. The van der Waals surface area contributed by atoms with Crippen LogP contribution < -0.4 is 5.32 Å². The Labute approximate surface area is 113 Å². The van der Waals surface area contributed by atoms with Crippen molar-refractivity contribution in [3.05, 3.63) is 0 Å². The first-order valence-corrected chi connectivity index (χ1v) is 8.12. The van der Waals surface area contributed by atoms with Gasteiger partial charge in [0.1, 0.15) is 0 Å². The predicted octanol–water partition coefficient (Wildman–Crippen LogP) is 3.32. The maximum absolute atomic E-state index is 4.02. The van der Waals surface area contributed by atoms with E-state index in [-0.39, 0.29) is 0 Å². The normalized spacial score (nSPS) is 33.0. The molecule has 0 unspecified atom stereocenters. The van der Waals surface area contributed by atoms with Crippen LogP contribution in [0.2, 0.25) is 0 Å². The average molecular weight is 250 g/mol. The molecule has 1 spiro atoms.